The van der Waals surface area contributed by atoms with Crippen molar-refractivity contribution in [2.45, 2.75) is 28.9 Å². The van der Waals surface area contributed by atoms with Crippen molar-refractivity contribution in [2.75, 3.05) is 13.1 Å². The molecule has 1 amide bonds. The van der Waals surface area contributed by atoms with E-state index in [1.165, 1.54) is 6.42 Å². The summed E-state index contributed by atoms with van der Waals surface area (Å²) in [7, 11) is 0. The van der Waals surface area contributed by atoms with E-state index in [1.54, 1.807) is 0 Å². The third-order valence-corrected chi connectivity index (χ3v) is 5.97. The lowest BCUT2D eigenvalue weighted by molar-refractivity contribution is -0.131. The van der Waals surface area contributed by atoms with E-state index in [0.29, 0.717) is 0 Å². The number of hydrogen-bond acceptors (Lipinski definition) is 1. The van der Waals surface area contributed by atoms with Crippen molar-refractivity contribution in [3.63, 3.8) is 0 Å². The highest BCUT2D eigenvalue weighted by Gasteiger charge is 2.29. The van der Waals surface area contributed by atoms with Crippen molar-refractivity contribution in [1.82, 2.24) is 4.90 Å². The molecule has 1 aromatic carbocycles. The fraction of sp³-hybridized carbons (Fsp3) is 0.500. The first-order valence-electron chi connectivity index (χ1n) is 6.32. The van der Waals surface area contributed by atoms with Crippen molar-refractivity contribution in [3.8, 4) is 0 Å². The van der Waals surface area contributed by atoms with Crippen LogP contribution in [-0.2, 0) is 4.79 Å². The van der Waals surface area contributed by atoms with E-state index in [1.807, 2.05) is 35.2 Å². The normalized spacial score (nSPS) is 19.3. The van der Waals surface area contributed by atoms with Crippen LogP contribution in [0.15, 0.2) is 30.3 Å². The molecule has 1 aliphatic heterocycles. The van der Waals surface area contributed by atoms with Gasteiger partial charge in [-0.15, -0.1) is 0 Å². The molecule has 0 saturated carbocycles. The number of nitrogens with zero attached hydrogens (tertiary/aromatic N) is 1. The second kappa shape index (κ2) is 6.71. The van der Waals surface area contributed by atoms with Gasteiger partial charge in [0.1, 0.15) is 4.83 Å². The van der Waals surface area contributed by atoms with Crippen molar-refractivity contribution in [2.24, 2.45) is 0 Å². The van der Waals surface area contributed by atoms with Crippen LogP contribution < -0.4 is 0 Å². The quantitative estimate of drug-likeness (QED) is 0.734. The molecule has 1 fully saturated rings. The zero-order valence-corrected chi connectivity index (χ0v) is 13.4. The van der Waals surface area contributed by atoms with Crippen LogP contribution in [-0.4, -0.2) is 28.7 Å². The fourth-order valence-electron chi connectivity index (χ4n) is 2.22. The van der Waals surface area contributed by atoms with Gasteiger partial charge >= 0.3 is 0 Å². The Labute approximate surface area is 125 Å². The third kappa shape index (κ3) is 3.35. The molecule has 98 valence electrons. The van der Waals surface area contributed by atoms with Gasteiger partial charge in [0, 0.05) is 13.1 Å². The standard InChI is InChI=1S/C14H17Br2NO/c15-12(11-7-3-1-4-8-11)13(16)14(18)17-9-5-2-6-10-17/h1,3-4,7-8,12-13H,2,5-6,9-10H2. The summed E-state index contributed by atoms with van der Waals surface area (Å²) in [5, 5.41) is 0. The second-order valence-corrected chi connectivity index (χ2v) is 6.57. The predicted molar refractivity (Wildman–Crippen MR) is 81.3 cm³/mol. The van der Waals surface area contributed by atoms with Crippen molar-refractivity contribution >= 4 is 37.8 Å². The van der Waals surface area contributed by atoms with Gasteiger partial charge in [0.05, 0.1) is 4.83 Å². The molecule has 0 radical (unpaired) electrons. The Morgan fingerprint density at radius 2 is 1.67 bits per heavy atom. The van der Waals surface area contributed by atoms with Crippen molar-refractivity contribution in [3.05, 3.63) is 35.9 Å². The number of likely N-dealkylation sites (tertiary alicyclic amines) is 1. The van der Waals surface area contributed by atoms with Crippen LogP contribution in [0.25, 0.3) is 0 Å². The van der Waals surface area contributed by atoms with Gasteiger partial charge in [0.25, 0.3) is 0 Å². The molecule has 1 heterocycles. The summed E-state index contributed by atoms with van der Waals surface area (Å²) in [5.41, 5.74) is 1.13. The van der Waals surface area contributed by atoms with Gasteiger partial charge in [-0.05, 0) is 24.8 Å². The zero-order chi connectivity index (χ0) is 13.0. The van der Waals surface area contributed by atoms with E-state index in [4.69, 9.17) is 0 Å². The number of halogens is 2. The molecule has 2 nitrogen and oxygen atoms in total. The average molecular weight is 375 g/mol. The maximum absolute atomic E-state index is 12.4. The van der Waals surface area contributed by atoms with Crippen LogP contribution in [0, 0.1) is 0 Å². The van der Waals surface area contributed by atoms with Gasteiger partial charge in [-0.25, -0.2) is 0 Å². The lowest BCUT2D eigenvalue weighted by Gasteiger charge is -2.30. The largest absolute Gasteiger partial charge is 0.342 e. The van der Waals surface area contributed by atoms with Crippen LogP contribution >= 0.6 is 31.9 Å². The minimum absolute atomic E-state index is 0.0214. The highest BCUT2D eigenvalue weighted by Crippen LogP contribution is 2.32. The van der Waals surface area contributed by atoms with Gasteiger partial charge < -0.3 is 4.90 Å². The van der Waals surface area contributed by atoms with Gasteiger partial charge in [-0.2, -0.15) is 0 Å². The van der Waals surface area contributed by atoms with Crippen LogP contribution in [0.5, 0.6) is 0 Å². The van der Waals surface area contributed by atoms with E-state index in [-0.39, 0.29) is 15.6 Å². The number of carbonyl (C=O) groups excluding carboxylic acids is 1. The molecule has 0 spiro atoms. The van der Waals surface area contributed by atoms with Gasteiger partial charge in [-0.1, -0.05) is 62.2 Å². The summed E-state index contributed by atoms with van der Waals surface area (Å²) in [5.74, 6) is 0.195. The number of alkyl halides is 2. The second-order valence-electron chi connectivity index (χ2n) is 4.60. The van der Waals surface area contributed by atoms with E-state index >= 15 is 0 Å². The summed E-state index contributed by atoms with van der Waals surface area (Å²) in [6.07, 6.45) is 3.50. The molecule has 4 heteroatoms. The summed E-state index contributed by atoms with van der Waals surface area (Å²) in [4.78, 5) is 14.2. The Morgan fingerprint density at radius 1 is 1.06 bits per heavy atom. The van der Waals surface area contributed by atoms with E-state index < -0.39 is 0 Å². The maximum Gasteiger partial charge on any atom is 0.237 e. The fourth-order valence-corrected chi connectivity index (χ4v) is 3.35. The summed E-state index contributed by atoms with van der Waals surface area (Å²) < 4.78 is 0. The molecule has 1 saturated heterocycles. The Hall–Kier alpha value is -0.350. The van der Waals surface area contributed by atoms with E-state index in [9.17, 15) is 4.79 Å². The molecule has 2 atom stereocenters. The lowest BCUT2D eigenvalue weighted by Crippen LogP contribution is -2.41. The first kappa shape index (κ1) is 14.1. The molecular formula is C14H17Br2NO. The number of benzene rings is 1. The van der Waals surface area contributed by atoms with Crippen LogP contribution in [0.3, 0.4) is 0 Å². The van der Waals surface area contributed by atoms with Gasteiger partial charge in [0.15, 0.2) is 0 Å². The Balaban J connectivity index is 2.01. The number of hydrogen-bond donors (Lipinski definition) is 0. The molecule has 0 N–H and O–H groups in total. The predicted octanol–water partition coefficient (Wildman–Crippen LogP) is 3.90. The summed E-state index contributed by atoms with van der Waals surface area (Å²) in [6, 6.07) is 10.1. The summed E-state index contributed by atoms with van der Waals surface area (Å²) >= 11 is 7.17. The molecule has 2 rings (SSSR count). The topological polar surface area (TPSA) is 20.3 Å². The van der Waals surface area contributed by atoms with Crippen molar-refractivity contribution in [1.29, 1.82) is 0 Å². The smallest absolute Gasteiger partial charge is 0.237 e. The van der Waals surface area contributed by atoms with Crippen LogP contribution in [0.2, 0.25) is 0 Å². The van der Waals surface area contributed by atoms with Gasteiger partial charge in [-0.3, -0.25) is 4.79 Å². The van der Waals surface area contributed by atoms with E-state index in [0.717, 1.165) is 31.5 Å². The van der Waals surface area contributed by atoms with Gasteiger partial charge in [0.2, 0.25) is 5.91 Å². The number of piperidine rings is 1. The Bertz CT molecular complexity index is 390. The number of rotatable bonds is 3. The molecule has 0 bridgehead atoms. The molecular weight excluding hydrogens is 358 g/mol. The molecule has 1 aromatic rings. The first-order valence-corrected chi connectivity index (χ1v) is 8.15. The maximum atomic E-state index is 12.4. The minimum atomic E-state index is -0.196. The molecule has 1 aliphatic rings. The highest BCUT2D eigenvalue weighted by atomic mass is 79.9. The van der Waals surface area contributed by atoms with E-state index in [2.05, 4.69) is 31.9 Å². The minimum Gasteiger partial charge on any atom is -0.342 e. The number of amides is 1. The summed E-state index contributed by atoms with van der Waals surface area (Å²) in [6.45, 7) is 1.80. The van der Waals surface area contributed by atoms with Crippen LogP contribution in [0.1, 0.15) is 29.7 Å². The molecule has 2 unspecified atom stereocenters. The number of carbonyl (C=O) groups is 1. The zero-order valence-electron chi connectivity index (χ0n) is 10.2. The third-order valence-electron chi connectivity index (χ3n) is 3.28. The lowest BCUT2D eigenvalue weighted by atomic mass is 10.1. The molecule has 0 aromatic heterocycles. The molecule has 18 heavy (non-hydrogen) atoms. The molecule has 0 aliphatic carbocycles. The average Bonchev–Trinajstić information content (AvgIpc) is 2.47. The monoisotopic (exact) mass is 373 g/mol. The Morgan fingerprint density at radius 3 is 2.28 bits per heavy atom. The van der Waals surface area contributed by atoms with Crippen molar-refractivity contribution < 1.29 is 4.79 Å². The first-order chi connectivity index (χ1) is 8.70. The SMILES string of the molecule is O=C(C(Br)C(Br)c1ccccc1)N1CCCCC1. The Kier molecular flexibility index (Phi) is 5.25. The van der Waals surface area contributed by atoms with Crippen LogP contribution in [0.4, 0.5) is 0 Å². The highest BCUT2D eigenvalue weighted by molar-refractivity contribution is 9.12.